The van der Waals surface area contributed by atoms with Gasteiger partial charge in [0.1, 0.15) is 34.0 Å². The number of carbonyl (C=O) groups is 1. The number of para-hydroxylation sites is 1. The van der Waals surface area contributed by atoms with Crippen LogP contribution in [0.1, 0.15) is 6.92 Å². The minimum Gasteiger partial charge on any atom is -0.508 e. The Morgan fingerprint density at radius 2 is 1.47 bits per heavy atom. The number of hydrogen-bond acceptors (Lipinski definition) is 8. The van der Waals surface area contributed by atoms with Gasteiger partial charge < -0.3 is 34.7 Å². The van der Waals surface area contributed by atoms with Gasteiger partial charge in [-0.1, -0.05) is 18.2 Å². The Morgan fingerprint density at radius 3 is 2.06 bits per heavy atom. The first kappa shape index (κ1) is 22.0. The third kappa shape index (κ3) is 4.90. The Kier molecular flexibility index (Phi) is 6.20. The topological polar surface area (TPSA) is 158 Å². The van der Waals surface area contributed by atoms with Crippen molar-refractivity contribution in [1.29, 1.82) is 0 Å². The number of phenols is 4. The second-order valence-corrected chi connectivity index (χ2v) is 6.59. The lowest BCUT2D eigenvalue weighted by Crippen LogP contribution is -2.00. The summed E-state index contributed by atoms with van der Waals surface area (Å²) in [5, 5.41) is 47.3. The molecule has 3 aromatic carbocycles. The highest BCUT2D eigenvalue weighted by molar-refractivity contribution is 5.86. The maximum absolute atomic E-state index is 12.3. The molecule has 4 aromatic rings. The summed E-state index contributed by atoms with van der Waals surface area (Å²) in [4.78, 5) is 21.3. The fraction of sp³-hybridized carbons (Fsp3) is 0.0435. The number of ether oxygens (including phenoxy) is 1. The Hall–Kier alpha value is -4.66. The molecule has 4 rings (SSSR count). The van der Waals surface area contributed by atoms with Gasteiger partial charge in [-0.25, -0.2) is 0 Å². The average molecular weight is 438 g/mol. The molecular weight excluding hydrogens is 420 g/mol. The number of hydrogen-bond donors (Lipinski definition) is 5. The summed E-state index contributed by atoms with van der Waals surface area (Å²) in [6.07, 6.45) is 0. The molecule has 0 aliphatic rings. The number of fused-ring (bicyclic) bond motifs is 1. The zero-order valence-electron chi connectivity index (χ0n) is 16.6. The average Bonchev–Trinajstić information content (AvgIpc) is 2.70. The van der Waals surface area contributed by atoms with Crippen molar-refractivity contribution >= 4 is 16.9 Å². The van der Waals surface area contributed by atoms with Crippen LogP contribution in [0.2, 0.25) is 0 Å². The maximum atomic E-state index is 12.3. The molecule has 0 aliphatic heterocycles. The predicted molar refractivity (Wildman–Crippen MR) is 114 cm³/mol. The first-order valence-electron chi connectivity index (χ1n) is 9.14. The zero-order valence-corrected chi connectivity index (χ0v) is 16.6. The standard InChI is InChI=1S/C21H14O7.C2H4O2/c22-12-8-14(23)20-15(24)10-18(28-19(20)9-12)11-6-16(25)21(17(26)7-11)27-13-4-2-1-3-5-13;1-2(3)4/h1-10,22-23,25-26H;1H3,(H,3,4). The molecule has 0 amide bonds. The summed E-state index contributed by atoms with van der Waals surface area (Å²) in [6.45, 7) is 1.08. The van der Waals surface area contributed by atoms with E-state index in [0.29, 0.717) is 5.75 Å². The zero-order chi connectivity index (χ0) is 23.4. The Bertz CT molecular complexity index is 1310. The van der Waals surface area contributed by atoms with Gasteiger partial charge in [-0.15, -0.1) is 0 Å². The quantitative estimate of drug-likeness (QED) is 0.316. The van der Waals surface area contributed by atoms with Crippen LogP contribution in [0.15, 0.2) is 69.9 Å². The molecule has 0 bridgehead atoms. The summed E-state index contributed by atoms with van der Waals surface area (Å²) in [5.74, 6) is -1.94. The number of benzene rings is 3. The second-order valence-electron chi connectivity index (χ2n) is 6.59. The molecule has 0 atom stereocenters. The van der Waals surface area contributed by atoms with E-state index in [9.17, 15) is 25.2 Å². The van der Waals surface area contributed by atoms with Crippen LogP contribution in [0, 0.1) is 0 Å². The van der Waals surface area contributed by atoms with Crippen molar-refractivity contribution in [2.75, 3.05) is 0 Å². The summed E-state index contributed by atoms with van der Waals surface area (Å²) >= 11 is 0. The first-order chi connectivity index (χ1) is 15.2. The molecule has 9 heteroatoms. The van der Waals surface area contributed by atoms with Crippen molar-refractivity contribution in [2.45, 2.75) is 6.92 Å². The molecule has 1 aromatic heterocycles. The molecule has 0 aliphatic carbocycles. The molecule has 0 fully saturated rings. The summed E-state index contributed by atoms with van der Waals surface area (Å²) in [6, 6.07) is 14.5. The molecule has 32 heavy (non-hydrogen) atoms. The summed E-state index contributed by atoms with van der Waals surface area (Å²) < 4.78 is 11.1. The number of rotatable bonds is 3. The normalized spacial score (nSPS) is 10.3. The molecule has 1 heterocycles. The van der Waals surface area contributed by atoms with Crippen LogP contribution in [0.25, 0.3) is 22.3 Å². The van der Waals surface area contributed by atoms with Crippen LogP contribution >= 0.6 is 0 Å². The van der Waals surface area contributed by atoms with E-state index in [0.717, 1.165) is 19.1 Å². The molecule has 0 radical (unpaired) electrons. The fourth-order valence-electron chi connectivity index (χ4n) is 2.85. The van der Waals surface area contributed by atoms with Gasteiger partial charge in [0.25, 0.3) is 5.97 Å². The number of aromatic hydroxyl groups is 4. The Balaban J connectivity index is 0.000000668. The van der Waals surface area contributed by atoms with Gasteiger partial charge >= 0.3 is 0 Å². The molecule has 0 spiro atoms. The monoisotopic (exact) mass is 438 g/mol. The van der Waals surface area contributed by atoms with E-state index in [1.165, 1.54) is 18.2 Å². The molecule has 0 saturated carbocycles. The molecular formula is C23H18O9. The Labute approximate surface area is 180 Å². The van der Waals surface area contributed by atoms with Gasteiger partial charge in [-0.05, 0) is 24.3 Å². The number of carboxylic acids is 1. The molecule has 164 valence electrons. The smallest absolute Gasteiger partial charge is 0.300 e. The lowest BCUT2D eigenvalue weighted by Gasteiger charge is -2.11. The predicted octanol–water partition coefficient (Wildman–Crippen LogP) is 4.17. The van der Waals surface area contributed by atoms with Gasteiger partial charge in [0.15, 0.2) is 16.9 Å². The van der Waals surface area contributed by atoms with Crippen LogP contribution in [0.4, 0.5) is 0 Å². The van der Waals surface area contributed by atoms with E-state index in [4.69, 9.17) is 19.1 Å². The fourth-order valence-corrected chi connectivity index (χ4v) is 2.85. The number of aliphatic carboxylic acids is 1. The minimum atomic E-state index is -0.833. The van der Waals surface area contributed by atoms with Crippen LogP contribution in [-0.4, -0.2) is 31.5 Å². The highest BCUT2D eigenvalue weighted by Crippen LogP contribution is 2.42. The van der Waals surface area contributed by atoms with Crippen molar-refractivity contribution in [1.82, 2.24) is 0 Å². The van der Waals surface area contributed by atoms with Crippen molar-refractivity contribution in [3.8, 4) is 45.8 Å². The third-order valence-electron chi connectivity index (χ3n) is 4.09. The molecule has 0 unspecified atom stereocenters. The minimum absolute atomic E-state index is 0.0272. The largest absolute Gasteiger partial charge is 0.508 e. The van der Waals surface area contributed by atoms with E-state index in [1.54, 1.807) is 30.3 Å². The first-order valence-corrected chi connectivity index (χ1v) is 9.14. The SMILES string of the molecule is CC(=O)O.O=c1cc(-c2cc(O)c(Oc3ccccc3)c(O)c2)oc2cc(O)cc(O)c12. The van der Waals surface area contributed by atoms with E-state index >= 15 is 0 Å². The molecule has 0 saturated heterocycles. The number of phenolic OH excluding ortho intramolecular Hbond substituents is 4. The van der Waals surface area contributed by atoms with E-state index in [-0.39, 0.29) is 45.3 Å². The number of carboxylic acid groups (broad SMARTS) is 1. The van der Waals surface area contributed by atoms with Crippen molar-refractivity contribution in [3.05, 3.63) is 70.9 Å². The van der Waals surface area contributed by atoms with E-state index < -0.39 is 17.1 Å². The van der Waals surface area contributed by atoms with Gasteiger partial charge in [-0.2, -0.15) is 0 Å². The van der Waals surface area contributed by atoms with E-state index in [1.807, 2.05) is 0 Å². The van der Waals surface area contributed by atoms with Crippen LogP contribution in [0.5, 0.6) is 34.5 Å². The molecule has 9 nitrogen and oxygen atoms in total. The summed E-state index contributed by atoms with van der Waals surface area (Å²) in [7, 11) is 0. The maximum Gasteiger partial charge on any atom is 0.300 e. The van der Waals surface area contributed by atoms with E-state index in [2.05, 4.69) is 0 Å². The van der Waals surface area contributed by atoms with Crippen molar-refractivity contribution in [2.24, 2.45) is 0 Å². The third-order valence-corrected chi connectivity index (χ3v) is 4.09. The molecule has 5 N–H and O–H groups in total. The van der Waals surface area contributed by atoms with Gasteiger partial charge in [-0.3, -0.25) is 9.59 Å². The lowest BCUT2D eigenvalue weighted by atomic mass is 10.1. The highest BCUT2D eigenvalue weighted by atomic mass is 16.5. The van der Waals surface area contributed by atoms with Gasteiger partial charge in [0, 0.05) is 30.7 Å². The van der Waals surface area contributed by atoms with Crippen LogP contribution in [-0.2, 0) is 4.79 Å². The Morgan fingerprint density at radius 1 is 0.875 bits per heavy atom. The summed E-state index contributed by atoms with van der Waals surface area (Å²) in [5.41, 5.74) is -0.377. The van der Waals surface area contributed by atoms with Crippen LogP contribution in [0.3, 0.4) is 0 Å². The van der Waals surface area contributed by atoms with Gasteiger partial charge in [0.2, 0.25) is 5.75 Å². The highest BCUT2D eigenvalue weighted by Gasteiger charge is 2.17. The van der Waals surface area contributed by atoms with Gasteiger partial charge in [0.05, 0.1) is 0 Å². The lowest BCUT2D eigenvalue weighted by molar-refractivity contribution is -0.134. The van der Waals surface area contributed by atoms with Crippen molar-refractivity contribution < 1.29 is 39.5 Å². The second kappa shape index (κ2) is 9.00. The van der Waals surface area contributed by atoms with Crippen LogP contribution < -0.4 is 10.2 Å². The van der Waals surface area contributed by atoms with Crippen molar-refractivity contribution in [3.63, 3.8) is 0 Å².